The van der Waals surface area contributed by atoms with Gasteiger partial charge in [-0.1, -0.05) is 67.1 Å². The molecule has 1 atom stereocenters. The molecule has 0 aliphatic rings. The molecule has 0 heterocycles. The van der Waals surface area contributed by atoms with Crippen LogP contribution in [0, 0.1) is 0 Å². The van der Waals surface area contributed by atoms with E-state index >= 15 is 0 Å². The van der Waals surface area contributed by atoms with E-state index in [9.17, 15) is 9.59 Å². The minimum atomic E-state index is -0.575. The molecule has 2 amide bonds. The number of hydrogen-bond acceptors (Lipinski definition) is 2. The molecule has 4 nitrogen and oxygen atoms in total. The molecule has 0 saturated carbocycles. The Morgan fingerprint density at radius 2 is 1.73 bits per heavy atom. The van der Waals surface area contributed by atoms with Gasteiger partial charge in [-0.3, -0.25) is 9.59 Å². The van der Waals surface area contributed by atoms with Crippen molar-refractivity contribution in [2.24, 2.45) is 0 Å². The number of hydrogen-bond donors (Lipinski definition) is 1. The highest BCUT2D eigenvalue weighted by molar-refractivity contribution is 6.31. The molecule has 5 heteroatoms. The Balaban J connectivity index is 2.21. The molecule has 0 fully saturated rings. The Labute approximate surface area is 160 Å². The standard InChI is InChI=1S/C21H25ClN2O2/c1-3-13-23-21(26)16(2)24(15-18-11-7-8-12-19(18)22)20(25)14-17-9-5-4-6-10-17/h4-12,16H,3,13-15H2,1-2H3,(H,23,26)/t16-/m1/s1. The Morgan fingerprint density at radius 1 is 1.08 bits per heavy atom. The molecule has 0 spiro atoms. The fraction of sp³-hybridized carbons (Fsp3) is 0.333. The van der Waals surface area contributed by atoms with Gasteiger partial charge in [0, 0.05) is 18.1 Å². The average molecular weight is 373 g/mol. The van der Waals surface area contributed by atoms with Crippen molar-refractivity contribution >= 4 is 23.4 Å². The number of nitrogens with one attached hydrogen (secondary N) is 1. The van der Waals surface area contributed by atoms with Crippen molar-refractivity contribution in [1.82, 2.24) is 10.2 Å². The molecule has 0 unspecified atom stereocenters. The highest BCUT2D eigenvalue weighted by atomic mass is 35.5. The Kier molecular flexibility index (Phi) is 7.67. The molecule has 2 rings (SSSR count). The number of halogens is 1. The molecule has 138 valence electrons. The first kappa shape index (κ1) is 20.0. The summed E-state index contributed by atoms with van der Waals surface area (Å²) in [6, 6.07) is 16.4. The summed E-state index contributed by atoms with van der Waals surface area (Å²) in [5.41, 5.74) is 1.74. The maximum absolute atomic E-state index is 13.0. The smallest absolute Gasteiger partial charge is 0.242 e. The van der Waals surface area contributed by atoms with Crippen LogP contribution in [0.25, 0.3) is 0 Å². The summed E-state index contributed by atoms with van der Waals surface area (Å²) in [6.45, 7) is 4.64. The normalized spacial score (nSPS) is 11.7. The molecule has 0 bridgehead atoms. The van der Waals surface area contributed by atoms with Gasteiger partial charge >= 0.3 is 0 Å². The molecule has 2 aromatic rings. The van der Waals surface area contributed by atoms with Crippen molar-refractivity contribution in [2.75, 3.05) is 6.54 Å². The van der Waals surface area contributed by atoms with E-state index in [0.717, 1.165) is 17.5 Å². The predicted octanol–water partition coefficient (Wildman–Crippen LogP) is 3.83. The molecule has 26 heavy (non-hydrogen) atoms. The monoisotopic (exact) mass is 372 g/mol. The maximum Gasteiger partial charge on any atom is 0.242 e. The van der Waals surface area contributed by atoms with Crippen LogP contribution in [-0.2, 0) is 22.6 Å². The van der Waals surface area contributed by atoms with Crippen LogP contribution in [0.15, 0.2) is 54.6 Å². The quantitative estimate of drug-likeness (QED) is 0.765. The molecule has 1 N–H and O–H groups in total. The molecular formula is C21H25ClN2O2. The van der Waals surface area contributed by atoms with Gasteiger partial charge in [0.15, 0.2) is 0 Å². The number of rotatable bonds is 8. The first-order valence-corrected chi connectivity index (χ1v) is 9.25. The number of carbonyl (C=O) groups excluding carboxylic acids is 2. The molecule has 0 aliphatic carbocycles. The van der Waals surface area contributed by atoms with Gasteiger partial charge in [0.1, 0.15) is 6.04 Å². The van der Waals surface area contributed by atoms with Crippen LogP contribution in [-0.4, -0.2) is 29.3 Å². The van der Waals surface area contributed by atoms with Crippen LogP contribution in [0.3, 0.4) is 0 Å². The van der Waals surface area contributed by atoms with Crippen LogP contribution in [0.2, 0.25) is 5.02 Å². The number of nitrogens with zero attached hydrogens (tertiary/aromatic N) is 1. The van der Waals surface area contributed by atoms with Crippen LogP contribution in [0.1, 0.15) is 31.4 Å². The highest BCUT2D eigenvalue weighted by Crippen LogP contribution is 2.19. The van der Waals surface area contributed by atoms with E-state index in [-0.39, 0.29) is 18.2 Å². The predicted molar refractivity (Wildman–Crippen MR) is 105 cm³/mol. The van der Waals surface area contributed by atoms with Crippen LogP contribution in [0.4, 0.5) is 0 Å². The first-order chi connectivity index (χ1) is 12.5. The zero-order valence-corrected chi connectivity index (χ0v) is 16.0. The van der Waals surface area contributed by atoms with Crippen molar-refractivity contribution in [3.05, 3.63) is 70.7 Å². The van der Waals surface area contributed by atoms with Gasteiger partial charge in [-0.25, -0.2) is 0 Å². The van der Waals surface area contributed by atoms with Gasteiger partial charge in [-0.2, -0.15) is 0 Å². The van der Waals surface area contributed by atoms with Crippen molar-refractivity contribution in [2.45, 2.75) is 39.3 Å². The van der Waals surface area contributed by atoms with E-state index in [4.69, 9.17) is 11.6 Å². The lowest BCUT2D eigenvalue weighted by Gasteiger charge is -2.29. The van der Waals surface area contributed by atoms with Crippen molar-refractivity contribution in [1.29, 1.82) is 0 Å². The molecular weight excluding hydrogens is 348 g/mol. The van der Waals surface area contributed by atoms with Crippen molar-refractivity contribution in [3.8, 4) is 0 Å². The fourth-order valence-electron chi connectivity index (χ4n) is 2.66. The van der Waals surface area contributed by atoms with Crippen molar-refractivity contribution < 1.29 is 9.59 Å². The van der Waals surface area contributed by atoms with Gasteiger partial charge in [0.2, 0.25) is 11.8 Å². The highest BCUT2D eigenvalue weighted by Gasteiger charge is 2.26. The molecule has 0 saturated heterocycles. The molecule has 0 aliphatic heterocycles. The SMILES string of the molecule is CCCNC(=O)[C@@H](C)N(Cc1ccccc1Cl)C(=O)Cc1ccccc1. The first-order valence-electron chi connectivity index (χ1n) is 8.87. The van der Waals surface area contributed by atoms with Crippen LogP contribution >= 0.6 is 11.6 Å². The van der Waals surface area contributed by atoms with E-state index in [1.54, 1.807) is 17.9 Å². The lowest BCUT2D eigenvalue weighted by molar-refractivity contribution is -0.140. The summed E-state index contributed by atoms with van der Waals surface area (Å²) in [5, 5.41) is 3.45. The summed E-state index contributed by atoms with van der Waals surface area (Å²) in [4.78, 5) is 27.0. The van der Waals surface area contributed by atoms with E-state index < -0.39 is 6.04 Å². The van der Waals surface area contributed by atoms with E-state index in [1.807, 2.05) is 55.5 Å². The summed E-state index contributed by atoms with van der Waals surface area (Å²) >= 11 is 6.26. The zero-order chi connectivity index (χ0) is 18.9. The third-order valence-corrected chi connectivity index (χ3v) is 4.58. The van der Waals surface area contributed by atoms with Crippen LogP contribution < -0.4 is 5.32 Å². The number of carbonyl (C=O) groups is 2. The number of amides is 2. The molecule has 2 aromatic carbocycles. The lowest BCUT2D eigenvalue weighted by Crippen LogP contribution is -2.48. The minimum absolute atomic E-state index is 0.102. The second-order valence-electron chi connectivity index (χ2n) is 6.24. The summed E-state index contributed by atoms with van der Waals surface area (Å²) in [5.74, 6) is -0.254. The Morgan fingerprint density at radius 3 is 2.38 bits per heavy atom. The van der Waals surface area contributed by atoms with Gasteiger partial charge in [0.05, 0.1) is 6.42 Å². The topological polar surface area (TPSA) is 49.4 Å². The number of benzene rings is 2. The van der Waals surface area contributed by atoms with Gasteiger partial charge in [0.25, 0.3) is 0 Å². The van der Waals surface area contributed by atoms with Gasteiger partial charge < -0.3 is 10.2 Å². The second-order valence-corrected chi connectivity index (χ2v) is 6.65. The third kappa shape index (κ3) is 5.60. The fourth-order valence-corrected chi connectivity index (χ4v) is 2.86. The lowest BCUT2D eigenvalue weighted by atomic mass is 10.1. The maximum atomic E-state index is 13.0. The van der Waals surface area contributed by atoms with Crippen LogP contribution in [0.5, 0.6) is 0 Å². The summed E-state index contributed by atoms with van der Waals surface area (Å²) in [6.07, 6.45) is 1.09. The molecule has 0 aromatic heterocycles. The average Bonchev–Trinajstić information content (AvgIpc) is 2.65. The Bertz CT molecular complexity index is 734. The van der Waals surface area contributed by atoms with Crippen molar-refractivity contribution in [3.63, 3.8) is 0 Å². The molecule has 0 radical (unpaired) electrons. The largest absolute Gasteiger partial charge is 0.354 e. The van der Waals surface area contributed by atoms with Gasteiger partial charge in [-0.15, -0.1) is 0 Å². The third-order valence-electron chi connectivity index (χ3n) is 4.21. The summed E-state index contributed by atoms with van der Waals surface area (Å²) in [7, 11) is 0. The van der Waals surface area contributed by atoms with E-state index in [0.29, 0.717) is 18.1 Å². The zero-order valence-electron chi connectivity index (χ0n) is 15.2. The van der Waals surface area contributed by atoms with E-state index in [2.05, 4.69) is 5.32 Å². The van der Waals surface area contributed by atoms with E-state index in [1.165, 1.54) is 0 Å². The van der Waals surface area contributed by atoms with Gasteiger partial charge in [-0.05, 0) is 30.5 Å². The minimum Gasteiger partial charge on any atom is -0.354 e. The summed E-state index contributed by atoms with van der Waals surface area (Å²) < 4.78 is 0. The second kappa shape index (κ2) is 9.97. The Hall–Kier alpha value is -2.33.